The molecule has 1 N–H and O–H groups in total. The van der Waals surface area contributed by atoms with Crippen LogP contribution < -0.4 is 5.32 Å². The summed E-state index contributed by atoms with van der Waals surface area (Å²) < 4.78 is 6.33. The van der Waals surface area contributed by atoms with E-state index in [4.69, 9.17) is 16.3 Å². The quantitative estimate of drug-likeness (QED) is 0.753. The highest BCUT2D eigenvalue weighted by molar-refractivity contribution is 7.14. The van der Waals surface area contributed by atoms with Gasteiger partial charge in [0.2, 0.25) is 0 Å². The molecule has 1 unspecified atom stereocenters. The van der Waals surface area contributed by atoms with Crippen molar-refractivity contribution in [1.82, 2.24) is 5.32 Å². The van der Waals surface area contributed by atoms with E-state index < -0.39 is 0 Å². The average Bonchev–Trinajstić information content (AvgIpc) is 2.63. The third kappa shape index (κ3) is 5.30. The molecule has 0 fully saturated rings. The van der Waals surface area contributed by atoms with E-state index in [2.05, 4.69) is 31.5 Å². The van der Waals surface area contributed by atoms with Gasteiger partial charge in [-0.2, -0.15) is 0 Å². The number of hydrogen-bond acceptors (Lipinski definition) is 3. The minimum atomic E-state index is 0.327. The zero-order chi connectivity index (χ0) is 12.0. The summed E-state index contributed by atoms with van der Waals surface area (Å²) in [7, 11) is 0. The fourth-order valence-corrected chi connectivity index (χ4v) is 2.36. The van der Waals surface area contributed by atoms with Gasteiger partial charge in [-0.3, -0.25) is 0 Å². The molecule has 0 amide bonds. The van der Waals surface area contributed by atoms with Gasteiger partial charge in [0, 0.05) is 12.6 Å². The van der Waals surface area contributed by atoms with Crippen molar-refractivity contribution in [1.29, 1.82) is 0 Å². The highest BCUT2D eigenvalue weighted by Crippen LogP contribution is 2.24. The molecule has 0 aliphatic rings. The molecular formula is C12H20ClNOS. The van der Waals surface area contributed by atoms with Crippen LogP contribution in [-0.2, 0) is 4.74 Å². The van der Waals surface area contributed by atoms with E-state index in [9.17, 15) is 0 Å². The topological polar surface area (TPSA) is 21.3 Å². The molecule has 0 aliphatic carbocycles. The first-order valence-electron chi connectivity index (χ1n) is 5.68. The van der Waals surface area contributed by atoms with Crippen LogP contribution >= 0.6 is 22.9 Å². The van der Waals surface area contributed by atoms with E-state index in [0.29, 0.717) is 12.1 Å². The molecule has 1 aromatic heterocycles. The van der Waals surface area contributed by atoms with E-state index >= 15 is 0 Å². The Labute approximate surface area is 107 Å². The summed E-state index contributed by atoms with van der Waals surface area (Å²) in [5, 5.41) is 5.56. The lowest BCUT2D eigenvalue weighted by atomic mass is 10.2. The normalized spacial score (nSPS) is 13.3. The Morgan fingerprint density at radius 1 is 1.44 bits per heavy atom. The molecule has 16 heavy (non-hydrogen) atoms. The minimum absolute atomic E-state index is 0.327. The van der Waals surface area contributed by atoms with Gasteiger partial charge in [-0.05, 0) is 50.7 Å². The lowest BCUT2D eigenvalue weighted by Crippen LogP contribution is -2.21. The SMILES string of the molecule is CC(C)OCCCNC(C)c1csc(Cl)c1. The second-order valence-corrected chi connectivity index (χ2v) is 5.68. The van der Waals surface area contributed by atoms with Crippen LogP contribution in [0.4, 0.5) is 0 Å². The predicted molar refractivity (Wildman–Crippen MR) is 71.5 cm³/mol. The van der Waals surface area contributed by atoms with Crippen molar-refractivity contribution in [3.63, 3.8) is 0 Å². The summed E-state index contributed by atoms with van der Waals surface area (Å²) in [6.07, 6.45) is 1.37. The number of nitrogens with one attached hydrogen (secondary N) is 1. The zero-order valence-corrected chi connectivity index (χ0v) is 11.7. The highest BCUT2D eigenvalue weighted by atomic mass is 35.5. The number of ether oxygens (including phenoxy) is 1. The number of thiophene rings is 1. The molecule has 92 valence electrons. The van der Waals surface area contributed by atoms with Crippen molar-refractivity contribution < 1.29 is 4.74 Å². The van der Waals surface area contributed by atoms with E-state index in [-0.39, 0.29) is 0 Å². The third-order valence-corrected chi connectivity index (χ3v) is 3.42. The Morgan fingerprint density at radius 3 is 2.75 bits per heavy atom. The Hall–Kier alpha value is -0.0900. The first kappa shape index (κ1) is 14.0. The molecule has 2 nitrogen and oxygen atoms in total. The smallest absolute Gasteiger partial charge is 0.0931 e. The van der Waals surface area contributed by atoms with Crippen molar-refractivity contribution in [2.45, 2.75) is 39.3 Å². The molecule has 0 spiro atoms. The summed E-state index contributed by atoms with van der Waals surface area (Å²) in [6.45, 7) is 8.07. The van der Waals surface area contributed by atoms with Crippen LogP contribution in [-0.4, -0.2) is 19.3 Å². The van der Waals surface area contributed by atoms with Crippen molar-refractivity contribution >= 4 is 22.9 Å². The molecule has 0 saturated carbocycles. The van der Waals surface area contributed by atoms with Gasteiger partial charge >= 0.3 is 0 Å². The van der Waals surface area contributed by atoms with E-state index in [1.165, 1.54) is 5.56 Å². The fraction of sp³-hybridized carbons (Fsp3) is 0.667. The van der Waals surface area contributed by atoms with Crippen LogP contribution in [0, 0.1) is 0 Å². The molecule has 0 aliphatic heterocycles. The largest absolute Gasteiger partial charge is 0.379 e. The summed E-state index contributed by atoms with van der Waals surface area (Å²) >= 11 is 7.47. The monoisotopic (exact) mass is 261 g/mol. The molecule has 1 aromatic rings. The Bertz CT molecular complexity index is 301. The van der Waals surface area contributed by atoms with Crippen LogP contribution in [0.25, 0.3) is 0 Å². The van der Waals surface area contributed by atoms with Crippen molar-refractivity contribution in [2.75, 3.05) is 13.2 Å². The average molecular weight is 262 g/mol. The van der Waals surface area contributed by atoms with Crippen LogP contribution in [0.1, 0.15) is 38.8 Å². The van der Waals surface area contributed by atoms with Crippen LogP contribution in [0.5, 0.6) is 0 Å². The van der Waals surface area contributed by atoms with Crippen molar-refractivity contribution in [2.24, 2.45) is 0 Å². The third-order valence-electron chi connectivity index (χ3n) is 2.31. The first-order valence-corrected chi connectivity index (χ1v) is 6.94. The predicted octanol–water partition coefficient (Wildman–Crippen LogP) is 3.87. The van der Waals surface area contributed by atoms with Gasteiger partial charge < -0.3 is 10.1 Å². The molecule has 0 aromatic carbocycles. The summed E-state index contributed by atoms with van der Waals surface area (Å²) in [4.78, 5) is 0. The molecule has 0 saturated heterocycles. The van der Waals surface area contributed by atoms with Gasteiger partial charge in [-0.1, -0.05) is 11.6 Å². The maximum atomic E-state index is 5.89. The fourth-order valence-electron chi connectivity index (χ4n) is 1.38. The Balaban J connectivity index is 2.13. The minimum Gasteiger partial charge on any atom is -0.379 e. The van der Waals surface area contributed by atoms with Crippen molar-refractivity contribution in [3.8, 4) is 0 Å². The van der Waals surface area contributed by atoms with Gasteiger partial charge in [-0.25, -0.2) is 0 Å². The van der Waals surface area contributed by atoms with Gasteiger partial charge in [0.25, 0.3) is 0 Å². The maximum absolute atomic E-state index is 5.89. The first-order chi connectivity index (χ1) is 7.59. The Kier molecular flexibility index (Phi) is 6.36. The molecular weight excluding hydrogens is 242 g/mol. The highest BCUT2D eigenvalue weighted by Gasteiger charge is 2.06. The summed E-state index contributed by atoms with van der Waals surface area (Å²) in [5.41, 5.74) is 1.26. The van der Waals surface area contributed by atoms with Gasteiger partial charge in [0.1, 0.15) is 0 Å². The van der Waals surface area contributed by atoms with Crippen LogP contribution in [0.3, 0.4) is 0 Å². The van der Waals surface area contributed by atoms with Gasteiger partial charge in [0.15, 0.2) is 0 Å². The number of halogens is 1. The standard InChI is InChI=1S/C12H20ClNOS/c1-9(2)15-6-4-5-14-10(3)11-7-12(13)16-8-11/h7-10,14H,4-6H2,1-3H3. The molecule has 4 heteroatoms. The van der Waals surface area contributed by atoms with E-state index in [1.807, 2.05) is 6.07 Å². The molecule has 1 atom stereocenters. The second kappa shape index (κ2) is 7.28. The molecule has 1 rings (SSSR count). The number of rotatable bonds is 7. The lowest BCUT2D eigenvalue weighted by Gasteiger charge is -2.13. The summed E-state index contributed by atoms with van der Waals surface area (Å²) in [5.74, 6) is 0. The Morgan fingerprint density at radius 2 is 2.19 bits per heavy atom. The van der Waals surface area contributed by atoms with Crippen molar-refractivity contribution in [3.05, 3.63) is 21.3 Å². The second-order valence-electron chi connectivity index (χ2n) is 4.13. The van der Waals surface area contributed by atoms with E-state index in [0.717, 1.165) is 23.9 Å². The van der Waals surface area contributed by atoms with Gasteiger partial charge in [0.05, 0.1) is 10.4 Å². The molecule has 1 heterocycles. The summed E-state index contributed by atoms with van der Waals surface area (Å²) in [6, 6.07) is 2.39. The van der Waals surface area contributed by atoms with Crippen LogP contribution in [0.2, 0.25) is 4.34 Å². The van der Waals surface area contributed by atoms with E-state index in [1.54, 1.807) is 11.3 Å². The van der Waals surface area contributed by atoms with Crippen LogP contribution in [0.15, 0.2) is 11.4 Å². The molecule has 0 radical (unpaired) electrons. The maximum Gasteiger partial charge on any atom is 0.0931 e. The number of hydrogen-bond donors (Lipinski definition) is 1. The van der Waals surface area contributed by atoms with Gasteiger partial charge in [-0.15, -0.1) is 11.3 Å². The zero-order valence-electron chi connectivity index (χ0n) is 10.1. The lowest BCUT2D eigenvalue weighted by molar-refractivity contribution is 0.0768. The molecule has 0 bridgehead atoms.